The minimum Gasteiger partial charge on any atom is -0.366 e. The zero-order chi connectivity index (χ0) is 19.1. The first-order valence-electron chi connectivity index (χ1n) is 8.87. The van der Waals surface area contributed by atoms with E-state index in [2.05, 4.69) is 0 Å². The number of halogens is 1. The van der Waals surface area contributed by atoms with Crippen LogP contribution in [0.5, 0.6) is 0 Å². The van der Waals surface area contributed by atoms with Crippen molar-refractivity contribution in [3.8, 4) is 0 Å². The molecule has 2 aliphatic rings. The fourth-order valence-corrected chi connectivity index (χ4v) is 3.62. The van der Waals surface area contributed by atoms with Crippen LogP contribution in [0.25, 0.3) is 0 Å². The summed E-state index contributed by atoms with van der Waals surface area (Å²) in [5.41, 5.74) is -0.228. The maximum atomic E-state index is 13.9. The van der Waals surface area contributed by atoms with Crippen molar-refractivity contribution in [1.29, 1.82) is 0 Å². The van der Waals surface area contributed by atoms with Gasteiger partial charge in [0.05, 0.1) is 11.1 Å². The molecule has 2 heterocycles. The Bertz CT molecular complexity index is 741. The second-order valence-electron chi connectivity index (χ2n) is 7.57. The summed E-state index contributed by atoms with van der Waals surface area (Å²) in [6.45, 7) is 6.91. The highest BCUT2D eigenvalue weighted by molar-refractivity contribution is 6.08. The summed E-state index contributed by atoms with van der Waals surface area (Å²) in [5.74, 6) is -1.12. The number of rotatable bonds is 3. The van der Waals surface area contributed by atoms with Crippen LogP contribution in [0.15, 0.2) is 24.3 Å². The normalized spacial score (nSPS) is 21.3. The second-order valence-corrected chi connectivity index (χ2v) is 7.57. The summed E-state index contributed by atoms with van der Waals surface area (Å²) in [7, 11) is 0. The van der Waals surface area contributed by atoms with Gasteiger partial charge in [0.2, 0.25) is 17.7 Å². The highest BCUT2D eigenvalue weighted by Gasteiger charge is 2.48. The Morgan fingerprint density at radius 1 is 1.12 bits per heavy atom. The third kappa shape index (κ3) is 3.18. The fourth-order valence-electron chi connectivity index (χ4n) is 3.62. The van der Waals surface area contributed by atoms with Crippen molar-refractivity contribution < 1.29 is 18.8 Å². The predicted molar refractivity (Wildman–Crippen MR) is 94.9 cm³/mol. The molecule has 2 fully saturated rings. The zero-order valence-corrected chi connectivity index (χ0v) is 15.4. The van der Waals surface area contributed by atoms with E-state index < -0.39 is 11.5 Å². The number of carbonyl (C=O) groups is 3. The van der Waals surface area contributed by atoms with Gasteiger partial charge < -0.3 is 9.80 Å². The van der Waals surface area contributed by atoms with Crippen LogP contribution in [0.3, 0.4) is 0 Å². The first-order chi connectivity index (χ1) is 12.2. The quantitative estimate of drug-likeness (QED) is 0.768. The van der Waals surface area contributed by atoms with E-state index in [9.17, 15) is 18.8 Å². The van der Waals surface area contributed by atoms with Crippen molar-refractivity contribution in [2.75, 3.05) is 31.1 Å². The number of anilines is 1. The van der Waals surface area contributed by atoms with E-state index in [1.807, 2.05) is 4.90 Å². The molecular formula is C19H24FN3O3. The van der Waals surface area contributed by atoms with Crippen LogP contribution in [-0.2, 0) is 14.4 Å². The molecule has 2 aliphatic heterocycles. The summed E-state index contributed by atoms with van der Waals surface area (Å²) in [6.07, 6.45) is 0.129. The number of likely N-dealkylation sites (tertiary alicyclic amines) is 1. The predicted octanol–water partition coefficient (Wildman–Crippen LogP) is 1.65. The van der Waals surface area contributed by atoms with E-state index in [0.29, 0.717) is 31.9 Å². The molecular weight excluding hydrogens is 337 g/mol. The number of hydrogen-bond donors (Lipinski definition) is 0. The number of benzene rings is 1. The molecule has 1 atom stereocenters. The maximum absolute atomic E-state index is 13.9. The van der Waals surface area contributed by atoms with Crippen molar-refractivity contribution in [3.63, 3.8) is 0 Å². The molecule has 1 aromatic rings. The first kappa shape index (κ1) is 18.4. The standard InChI is InChI=1S/C19H24FN3O3/c1-13(23-16(24)12-19(2,3)18(23)26)17(25)22-10-8-21(9-11-22)15-7-5-4-6-14(15)20/h4-7,13H,8-12H2,1-3H3. The van der Waals surface area contributed by atoms with Crippen molar-refractivity contribution in [3.05, 3.63) is 30.1 Å². The molecule has 2 saturated heterocycles. The van der Waals surface area contributed by atoms with Gasteiger partial charge in [0.15, 0.2) is 0 Å². The smallest absolute Gasteiger partial charge is 0.245 e. The highest BCUT2D eigenvalue weighted by Crippen LogP contribution is 2.33. The molecule has 0 radical (unpaired) electrons. The summed E-state index contributed by atoms with van der Waals surface area (Å²) >= 11 is 0. The number of imide groups is 1. The van der Waals surface area contributed by atoms with Crippen molar-refractivity contribution in [1.82, 2.24) is 9.80 Å². The number of amides is 3. The molecule has 7 heteroatoms. The monoisotopic (exact) mass is 361 g/mol. The van der Waals surface area contributed by atoms with Crippen LogP contribution in [0.2, 0.25) is 0 Å². The molecule has 0 spiro atoms. The minimum atomic E-state index is -0.809. The Morgan fingerprint density at radius 3 is 2.27 bits per heavy atom. The van der Waals surface area contributed by atoms with Gasteiger partial charge in [-0.25, -0.2) is 4.39 Å². The van der Waals surface area contributed by atoms with E-state index >= 15 is 0 Å². The fraction of sp³-hybridized carbons (Fsp3) is 0.526. The lowest BCUT2D eigenvalue weighted by molar-refractivity contribution is -0.151. The number of para-hydroxylation sites is 1. The molecule has 0 aromatic heterocycles. The zero-order valence-electron chi connectivity index (χ0n) is 15.4. The summed E-state index contributed by atoms with van der Waals surface area (Å²) in [5, 5.41) is 0. The van der Waals surface area contributed by atoms with Crippen molar-refractivity contribution in [2.24, 2.45) is 5.41 Å². The van der Waals surface area contributed by atoms with Gasteiger partial charge in [-0.1, -0.05) is 26.0 Å². The Labute approximate surface area is 152 Å². The Balaban J connectivity index is 1.64. The third-order valence-corrected chi connectivity index (χ3v) is 5.19. The SMILES string of the molecule is CC(C(=O)N1CCN(c2ccccc2F)CC1)N1C(=O)CC(C)(C)C1=O. The summed E-state index contributed by atoms with van der Waals surface area (Å²) in [6, 6.07) is 5.76. The molecule has 0 saturated carbocycles. The number of piperazine rings is 1. The third-order valence-electron chi connectivity index (χ3n) is 5.19. The topological polar surface area (TPSA) is 60.9 Å². The lowest BCUT2D eigenvalue weighted by Gasteiger charge is -2.38. The van der Waals surface area contributed by atoms with Gasteiger partial charge >= 0.3 is 0 Å². The average molecular weight is 361 g/mol. The molecule has 6 nitrogen and oxygen atoms in total. The van der Waals surface area contributed by atoms with Gasteiger partial charge in [0, 0.05) is 32.6 Å². The average Bonchev–Trinajstić information content (AvgIpc) is 2.81. The Kier molecular flexibility index (Phi) is 4.73. The molecule has 1 aromatic carbocycles. The van der Waals surface area contributed by atoms with Crippen molar-refractivity contribution in [2.45, 2.75) is 33.2 Å². The van der Waals surface area contributed by atoms with Gasteiger partial charge in [-0.3, -0.25) is 19.3 Å². The summed E-state index contributed by atoms with van der Waals surface area (Å²) < 4.78 is 13.9. The lowest BCUT2D eigenvalue weighted by Crippen LogP contribution is -2.55. The molecule has 1 unspecified atom stereocenters. The largest absolute Gasteiger partial charge is 0.366 e. The number of hydrogen-bond acceptors (Lipinski definition) is 4. The molecule has 3 rings (SSSR count). The lowest BCUT2D eigenvalue weighted by atomic mass is 9.92. The van der Waals surface area contributed by atoms with E-state index in [1.54, 1.807) is 43.9 Å². The molecule has 0 bridgehead atoms. The van der Waals surface area contributed by atoms with E-state index in [1.165, 1.54) is 6.07 Å². The van der Waals surface area contributed by atoms with Gasteiger partial charge in [0.1, 0.15) is 11.9 Å². The van der Waals surface area contributed by atoms with E-state index in [-0.39, 0.29) is 30.0 Å². The molecule has 0 N–H and O–H groups in total. The van der Waals surface area contributed by atoms with E-state index in [0.717, 1.165) is 4.90 Å². The summed E-state index contributed by atoms with van der Waals surface area (Å²) in [4.78, 5) is 42.0. The molecule has 140 valence electrons. The Hall–Kier alpha value is -2.44. The highest BCUT2D eigenvalue weighted by atomic mass is 19.1. The van der Waals surface area contributed by atoms with Crippen LogP contribution in [0, 0.1) is 11.2 Å². The Morgan fingerprint density at radius 2 is 1.73 bits per heavy atom. The van der Waals surface area contributed by atoms with Crippen LogP contribution in [0.4, 0.5) is 10.1 Å². The van der Waals surface area contributed by atoms with Crippen LogP contribution in [-0.4, -0.2) is 59.7 Å². The van der Waals surface area contributed by atoms with Crippen molar-refractivity contribution >= 4 is 23.4 Å². The van der Waals surface area contributed by atoms with Crippen LogP contribution < -0.4 is 4.90 Å². The van der Waals surface area contributed by atoms with E-state index in [4.69, 9.17) is 0 Å². The molecule has 0 aliphatic carbocycles. The van der Waals surface area contributed by atoms with Gasteiger partial charge in [0.25, 0.3) is 0 Å². The molecule has 26 heavy (non-hydrogen) atoms. The van der Waals surface area contributed by atoms with Crippen LogP contribution >= 0.6 is 0 Å². The van der Waals surface area contributed by atoms with Gasteiger partial charge in [-0.05, 0) is 19.1 Å². The van der Waals surface area contributed by atoms with Crippen LogP contribution in [0.1, 0.15) is 27.2 Å². The minimum absolute atomic E-state index is 0.129. The first-order valence-corrected chi connectivity index (χ1v) is 8.87. The number of carbonyl (C=O) groups excluding carboxylic acids is 3. The van der Waals surface area contributed by atoms with Gasteiger partial charge in [-0.2, -0.15) is 0 Å². The molecule has 3 amide bonds. The number of nitrogens with zero attached hydrogens (tertiary/aromatic N) is 3. The van der Waals surface area contributed by atoms with Gasteiger partial charge in [-0.15, -0.1) is 0 Å². The second kappa shape index (κ2) is 6.70. The maximum Gasteiger partial charge on any atom is 0.245 e.